The van der Waals surface area contributed by atoms with Crippen molar-refractivity contribution in [2.45, 2.75) is 70.4 Å². The van der Waals surface area contributed by atoms with Gasteiger partial charge in [-0.1, -0.05) is 32.1 Å². The Morgan fingerprint density at radius 3 is 2.59 bits per heavy atom. The molecular weight excluding hydrogens is 210 g/mol. The SMILES string of the molecule is CC(Cc1ccco1)NC1CCCCCCC1. The first-order valence-corrected chi connectivity index (χ1v) is 7.13. The van der Waals surface area contributed by atoms with Gasteiger partial charge in [0.1, 0.15) is 5.76 Å². The molecule has 1 N–H and O–H groups in total. The fourth-order valence-electron chi connectivity index (χ4n) is 2.81. The maximum atomic E-state index is 5.40. The van der Waals surface area contributed by atoms with Gasteiger partial charge in [-0.2, -0.15) is 0 Å². The van der Waals surface area contributed by atoms with E-state index < -0.39 is 0 Å². The molecule has 0 radical (unpaired) electrons. The summed E-state index contributed by atoms with van der Waals surface area (Å²) in [5.74, 6) is 1.09. The summed E-state index contributed by atoms with van der Waals surface area (Å²) in [7, 11) is 0. The highest BCUT2D eigenvalue weighted by Crippen LogP contribution is 2.18. The number of hydrogen-bond acceptors (Lipinski definition) is 2. The molecule has 0 aromatic carbocycles. The van der Waals surface area contributed by atoms with Crippen LogP contribution in [0.15, 0.2) is 22.8 Å². The van der Waals surface area contributed by atoms with Crippen molar-refractivity contribution in [3.8, 4) is 0 Å². The summed E-state index contributed by atoms with van der Waals surface area (Å²) in [5.41, 5.74) is 0. The van der Waals surface area contributed by atoms with Gasteiger partial charge in [0.25, 0.3) is 0 Å². The zero-order valence-corrected chi connectivity index (χ0v) is 11.0. The summed E-state index contributed by atoms with van der Waals surface area (Å²) >= 11 is 0. The molecule has 1 unspecified atom stereocenters. The Balaban J connectivity index is 1.74. The monoisotopic (exact) mass is 235 g/mol. The van der Waals surface area contributed by atoms with Crippen molar-refractivity contribution >= 4 is 0 Å². The molecule has 1 heterocycles. The van der Waals surface area contributed by atoms with Crippen molar-refractivity contribution in [2.24, 2.45) is 0 Å². The van der Waals surface area contributed by atoms with Crippen LogP contribution in [0.2, 0.25) is 0 Å². The van der Waals surface area contributed by atoms with Crippen LogP contribution < -0.4 is 5.32 Å². The molecular formula is C15H25NO. The summed E-state index contributed by atoms with van der Waals surface area (Å²) in [6.07, 6.45) is 12.5. The molecule has 0 saturated heterocycles. The fourth-order valence-corrected chi connectivity index (χ4v) is 2.81. The van der Waals surface area contributed by atoms with E-state index >= 15 is 0 Å². The Morgan fingerprint density at radius 2 is 1.94 bits per heavy atom. The summed E-state index contributed by atoms with van der Waals surface area (Å²) in [5, 5.41) is 3.76. The normalized spacial score (nSPS) is 20.8. The van der Waals surface area contributed by atoms with Crippen molar-refractivity contribution in [3.05, 3.63) is 24.2 Å². The predicted octanol–water partition coefficient (Wildman–Crippen LogP) is 3.91. The first kappa shape index (κ1) is 12.7. The van der Waals surface area contributed by atoms with E-state index in [2.05, 4.69) is 18.3 Å². The van der Waals surface area contributed by atoms with Crippen molar-refractivity contribution in [1.82, 2.24) is 5.32 Å². The van der Waals surface area contributed by atoms with E-state index in [4.69, 9.17) is 4.42 Å². The van der Waals surface area contributed by atoms with Crippen LogP contribution in [-0.2, 0) is 6.42 Å². The molecule has 17 heavy (non-hydrogen) atoms. The maximum absolute atomic E-state index is 5.40. The Morgan fingerprint density at radius 1 is 1.24 bits per heavy atom. The van der Waals surface area contributed by atoms with Crippen molar-refractivity contribution < 1.29 is 4.42 Å². The highest BCUT2D eigenvalue weighted by molar-refractivity contribution is 5.00. The molecule has 1 fully saturated rings. The Kier molecular flexibility index (Phi) is 5.11. The van der Waals surface area contributed by atoms with Gasteiger partial charge in [0.2, 0.25) is 0 Å². The molecule has 0 spiro atoms. The molecule has 1 atom stereocenters. The van der Waals surface area contributed by atoms with Crippen LogP contribution in [0.3, 0.4) is 0 Å². The predicted molar refractivity (Wildman–Crippen MR) is 71.1 cm³/mol. The molecule has 1 aliphatic rings. The molecule has 2 heteroatoms. The van der Waals surface area contributed by atoms with Crippen LogP contribution >= 0.6 is 0 Å². The van der Waals surface area contributed by atoms with Crippen LogP contribution in [-0.4, -0.2) is 12.1 Å². The van der Waals surface area contributed by atoms with E-state index in [9.17, 15) is 0 Å². The maximum Gasteiger partial charge on any atom is 0.105 e. The second-order valence-electron chi connectivity index (χ2n) is 5.39. The van der Waals surface area contributed by atoms with Gasteiger partial charge in [-0.25, -0.2) is 0 Å². The van der Waals surface area contributed by atoms with E-state index in [1.54, 1.807) is 6.26 Å². The lowest BCUT2D eigenvalue weighted by Gasteiger charge is -2.24. The van der Waals surface area contributed by atoms with Crippen LogP contribution in [0.1, 0.15) is 57.6 Å². The fraction of sp³-hybridized carbons (Fsp3) is 0.733. The molecule has 0 amide bonds. The van der Waals surface area contributed by atoms with Crippen LogP contribution in [0.25, 0.3) is 0 Å². The third-order valence-electron chi connectivity index (χ3n) is 3.71. The third-order valence-corrected chi connectivity index (χ3v) is 3.71. The van der Waals surface area contributed by atoms with Crippen molar-refractivity contribution in [2.75, 3.05) is 0 Å². The highest BCUT2D eigenvalue weighted by Gasteiger charge is 2.14. The number of nitrogens with one attached hydrogen (secondary N) is 1. The average Bonchev–Trinajstić information content (AvgIpc) is 2.74. The largest absolute Gasteiger partial charge is 0.469 e. The van der Waals surface area contributed by atoms with Gasteiger partial charge in [0.15, 0.2) is 0 Å². The Bertz CT molecular complexity index is 286. The topological polar surface area (TPSA) is 25.2 Å². The van der Waals surface area contributed by atoms with E-state index in [0.29, 0.717) is 6.04 Å². The molecule has 2 rings (SSSR count). The average molecular weight is 235 g/mol. The van der Waals surface area contributed by atoms with Gasteiger partial charge in [0, 0.05) is 18.5 Å². The van der Waals surface area contributed by atoms with Crippen LogP contribution in [0.5, 0.6) is 0 Å². The Labute approximate surface area is 105 Å². The van der Waals surface area contributed by atoms with Gasteiger partial charge in [-0.15, -0.1) is 0 Å². The van der Waals surface area contributed by atoms with Crippen molar-refractivity contribution in [3.63, 3.8) is 0 Å². The minimum absolute atomic E-state index is 0.519. The van der Waals surface area contributed by atoms with Crippen molar-refractivity contribution in [1.29, 1.82) is 0 Å². The minimum atomic E-state index is 0.519. The van der Waals surface area contributed by atoms with Gasteiger partial charge in [-0.3, -0.25) is 0 Å². The summed E-state index contributed by atoms with van der Waals surface area (Å²) < 4.78 is 5.40. The number of hydrogen-bond donors (Lipinski definition) is 1. The standard InChI is InChI=1S/C15H25NO/c1-13(12-15-10-7-11-17-15)16-14-8-5-3-2-4-6-9-14/h7,10-11,13-14,16H,2-6,8-9,12H2,1H3. The lowest BCUT2D eigenvalue weighted by Crippen LogP contribution is -2.38. The van der Waals surface area contributed by atoms with Gasteiger partial charge < -0.3 is 9.73 Å². The zero-order chi connectivity index (χ0) is 11.9. The van der Waals surface area contributed by atoms with E-state index in [-0.39, 0.29) is 0 Å². The van der Waals surface area contributed by atoms with Crippen LogP contribution in [0, 0.1) is 0 Å². The quantitative estimate of drug-likeness (QED) is 0.856. The molecule has 0 bridgehead atoms. The third kappa shape index (κ3) is 4.55. The van der Waals surface area contributed by atoms with Gasteiger partial charge >= 0.3 is 0 Å². The second kappa shape index (κ2) is 6.85. The van der Waals surface area contributed by atoms with Gasteiger partial charge in [-0.05, 0) is 31.9 Å². The first-order chi connectivity index (χ1) is 8.34. The molecule has 1 saturated carbocycles. The van der Waals surface area contributed by atoms with E-state index in [0.717, 1.165) is 18.2 Å². The summed E-state index contributed by atoms with van der Waals surface area (Å²) in [6, 6.07) is 5.28. The van der Waals surface area contributed by atoms with Crippen LogP contribution in [0.4, 0.5) is 0 Å². The molecule has 1 aliphatic carbocycles. The highest BCUT2D eigenvalue weighted by atomic mass is 16.3. The number of furan rings is 1. The lowest BCUT2D eigenvalue weighted by atomic mass is 9.96. The first-order valence-electron chi connectivity index (χ1n) is 7.13. The van der Waals surface area contributed by atoms with Gasteiger partial charge in [0.05, 0.1) is 6.26 Å². The number of rotatable bonds is 4. The lowest BCUT2D eigenvalue weighted by molar-refractivity contribution is 0.348. The molecule has 0 aliphatic heterocycles. The summed E-state index contributed by atoms with van der Waals surface area (Å²) in [6.45, 7) is 2.27. The smallest absolute Gasteiger partial charge is 0.105 e. The summed E-state index contributed by atoms with van der Waals surface area (Å²) in [4.78, 5) is 0. The zero-order valence-electron chi connectivity index (χ0n) is 11.0. The van der Waals surface area contributed by atoms with E-state index in [1.165, 1.54) is 44.9 Å². The van der Waals surface area contributed by atoms with E-state index in [1.807, 2.05) is 6.07 Å². The minimum Gasteiger partial charge on any atom is -0.469 e. The molecule has 2 nitrogen and oxygen atoms in total. The molecule has 96 valence electrons. The molecule has 1 aromatic rings. The second-order valence-corrected chi connectivity index (χ2v) is 5.39. The molecule has 1 aromatic heterocycles. The Hall–Kier alpha value is -0.760.